The Hall–Kier alpha value is -0.990. The zero-order valence-electron chi connectivity index (χ0n) is 11.1. The first kappa shape index (κ1) is 14.4. The highest BCUT2D eigenvalue weighted by atomic mass is 79.9. The fourth-order valence-electron chi connectivity index (χ4n) is 2.13. The molecule has 3 heteroatoms. The Morgan fingerprint density at radius 1 is 1.21 bits per heavy atom. The summed E-state index contributed by atoms with van der Waals surface area (Å²) in [5.41, 5.74) is 3.58. The second kappa shape index (κ2) is 6.44. The number of halogens is 2. The highest BCUT2D eigenvalue weighted by Crippen LogP contribution is 2.28. The molecule has 0 aliphatic carbocycles. The van der Waals surface area contributed by atoms with Crippen molar-refractivity contribution in [3.63, 3.8) is 0 Å². The SMILES string of the molecule is CCc1cc(Br)ccc1NC(C)c1ccccc1Cl. The maximum Gasteiger partial charge on any atom is 0.0500 e. The third-order valence-corrected chi connectivity index (χ3v) is 4.03. The molecule has 1 N–H and O–H groups in total. The van der Waals surface area contributed by atoms with Gasteiger partial charge in [-0.25, -0.2) is 0 Å². The lowest BCUT2D eigenvalue weighted by atomic mass is 10.1. The van der Waals surface area contributed by atoms with Gasteiger partial charge >= 0.3 is 0 Å². The first-order valence-electron chi connectivity index (χ1n) is 6.41. The predicted molar refractivity (Wildman–Crippen MR) is 87.0 cm³/mol. The number of anilines is 1. The summed E-state index contributed by atoms with van der Waals surface area (Å²) in [4.78, 5) is 0. The fraction of sp³-hybridized carbons (Fsp3) is 0.250. The van der Waals surface area contributed by atoms with E-state index in [4.69, 9.17) is 11.6 Å². The Morgan fingerprint density at radius 2 is 1.95 bits per heavy atom. The second-order valence-electron chi connectivity index (χ2n) is 4.54. The molecule has 0 saturated heterocycles. The maximum atomic E-state index is 6.24. The van der Waals surface area contributed by atoms with Crippen LogP contribution in [0.4, 0.5) is 5.69 Å². The van der Waals surface area contributed by atoms with Crippen LogP contribution in [-0.4, -0.2) is 0 Å². The van der Waals surface area contributed by atoms with Crippen LogP contribution < -0.4 is 5.32 Å². The largest absolute Gasteiger partial charge is 0.378 e. The average Bonchev–Trinajstić information content (AvgIpc) is 2.41. The van der Waals surface area contributed by atoms with Crippen LogP contribution in [0, 0.1) is 0 Å². The molecule has 0 heterocycles. The van der Waals surface area contributed by atoms with Crippen LogP contribution in [0.15, 0.2) is 46.9 Å². The van der Waals surface area contributed by atoms with Crippen LogP contribution in [-0.2, 0) is 6.42 Å². The monoisotopic (exact) mass is 337 g/mol. The Kier molecular flexibility index (Phi) is 4.89. The van der Waals surface area contributed by atoms with E-state index in [1.807, 2.05) is 18.2 Å². The molecule has 0 aliphatic heterocycles. The number of nitrogens with one attached hydrogen (secondary N) is 1. The third kappa shape index (κ3) is 3.52. The molecule has 2 rings (SSSR count). The molecule has 0 amide bonds. The minimum Gasteiger partial charge on any atom is -0.378 e. The molecule has 1 nitrogen and oxygen atoms in total. The van der Waals surface area contributed by atoms with Gasteiger partial charge in [-0.1, -0.05) is 52.7 Å². The van der Waals surface area contributed by atoms with Crippen LogP contribution >= 0.6 is 27.5 Å². The van der Waals surface area contributed by atoms with E-state index >= 15 is 0 Å². The zero-order chi connectivity index (χ0) is 13.8. The molecular weight excluding hydrogens is 322 g/mol. The quantitative estimate of drug-likeness (QED) is 0.738. The minimum atomic E-state index is 0.181. The van der Waals surface area contributed by atoms with Gasteiger partial charge in [0.2, 0.25) is 0 Å². The van der Waals surface area contributed by atoms with Crippen molar-refractivity contribution < 1.29 is 0 Å². The summed E-state index contributed by atoms with van der Waals surface area (Å²) < 4.78 is 1.11. The number of hydrogen-bond donors (Lipinski definition) is 1. The summed E-state index contributed by atoms with van der Waals surface area (Å²) >= 11 is 9.75. The maximum absolute atomic E-state index is 6.24. The molecule has 0 spiro atoms. The van der Waals surface area contributed by atoms with Crippen molar-refractivity contribution in [2.24, 2.45) is 0 Å². The lowest BCUT2D eigenvalue weighted by Crippen LogP contribution is -2.08. The smallest absolute Gasteiger partial charge is 0.0500 e. The average molecular weight is 339 g/mol. The van der Waals surface area contributed by atoms with E-state index < -0.39 is 0 Å². The summed E-state index contributed by atoms with van der Waals surface area (Å²) in [5, 5.41) is 4.34. The van der Waals surface area contributed by atoms with Crippen LogP contribution in [0.3, 0.4) is 0 Å². The van der Waals surface area contributed by atoms with E-state index in [-0.39, 0.29) is 6.04 Å². The van der Waals surface area contributed by atoms with E-state index in [0.29, 0.717) is 0 Å². The van der Waals surface area contributed by atoms with Crippen LogP contribution in [0.5, 0.6) is 0 Å². The molecule has 1 atom stereocenters. The number of rotatable bonds is 4. The molecule has 2 aromatic carbocycles. The molecule has 19 heavy (non-hydrogen) atoms. The molecule has 0 fully saturated rings. The highest BCUT2D eigenvalue weighted by molar-refractivity contribution is 9.10. The van der Waals surface area contributed by atoms with Crippen LogP contribution in [0.2, 0.25) is 5.02 Å². The third-order valence-electron chi connectivity index (χ3n) is 3.19. The normalized spacial score (nSPS) is 12.2. The molecule has 100 valence electrons. The fourth-order valence-corrected chi connectivity index (χ4v) is 2.84. The van der Waals surface area contributed by atoms with Gasteiger partial charge in [-0.05, 0) is 48.7 Å². The van der Waals surface area contributed by atoms with Crippen molar-refractivity contribution in [2.75, 3.05) is 5.32 Å². The Balaban J connectivity index is 2.24. The number of aryl methyl sites for hydroxylation is 1. The first-order chi connectivity index (χ1) is 9.11. The van der Waals surface area contributed by atoms with Gasteiger partial charge in [0.1, 0.15) is 0 Å². The lowest BCUT2D eigenvalue weighted by molar-refractivity contribution is 0.879. The number of hydrogen-bond acceptors (Lipinski definition) is 1. The Morgan fingerprint density at radius 3 is 2.63 bits per heavy atom. The van der Waals surface area contributed by atoms with E-state index in [1.165, 1.54) is 5.56 Å². The van der Waals surface area contributed by atoms with E-state index in [1.54, 1.807) is 0 Å². The molecule has 2 aromatic rings. The van der Waals surface area contributed by atoms with Crippen molar-refractivity contribution in [3.8, 4) is 0 Å². The highest BCUT2D eigenvalue weighted by Gasteiger charge is 2.10. The molecule has 0 bridgehead atoms. The van der Waals surface area contributed by atoms with E-state index in [9.17, 15) is 0 Å². The minimum absolute atomic E-state index is 0.181. The van der Waals surface area contributed by atoms with Gasteiger partial charge < -0.3 is 5.32 Å². The van der Waals surface area contributed by atoms with E-state index in [2.05, 4.69) is 59.4 Å². The number of benzene rings is 2. The molecule has 0 aliphatic rings. The van der Waals surface area contributed by atoms with E-state index in [0.717, 1.165) is 27.2 Å². The van der Waals surface area contributed by atoms with Crippen LogP contribution in [0.25, 0.3) is 0 Å². The molecule has 0 aromatic heterocycles. The zero-order valence-corrected chi connectivity index (χ0v) is 13.4. The van der Waals surface area contributed by atoms with Crippen molar-refractivity contribution >= 4 is 33.2 Å². The second-order valence-corrected chi connectivity index (χ2v) is 5.87. The van der Waals surface area contributed by atoms with Gasteiger partial charge in [0.25, 0.3) is 0 Å². The van der Waals surface area contributed by atoms with Crippen LogP contribution in [0.1, 0.15) is 31.0 Å². The van der Waals surface area contributed by atoms with Gasteiger partial charge in [0, 0.05) is 21.2 Å². The molecule has 0 saturated carbocycles. The van der Waals surface area contributed by atoms with Gasteiger partial charge in [-0.2, -0.15) is 0 Å². The van der Waals surface area contributed by atoms with Gasteiger partial charge in [0.05, 0.1) is 0 Å². The standard InChI is InChI=1S/C16H17BrClN/c1-3-12-10-13(17)8-9-16(12)19-11(2)14-6-4-5-7-15(14)18/h4-11,19H,3H2,1-2H3. The topological polar surface area (TPSA) is 12.0 Å². The molecule has 1 unspecified atom stereocenters. The summed E-state index contributed by atoms with van der Waals surface area (Å²) in [6.45, 7) is 4.29. The summed E-state index contributed by atoms with van der Waals surface area (Å²) in [7, 11) is 0. The first-order valence-corrected chi connectivity index (χ1v) is 7.58. The van der Waals surface area contributed by atoms with Crippen molar-refractivity contribution in [1.29, 1.82) is 0 Å². The van der Waals surface area contributed by atoms with Gasteiger partial charge in [-0.3, -0.25) is 0 Å². The van der Waals surface area contributed by atoms with Crippen molar-refractivity contribution in [2.45, 2.75) is 26.3 Å². The molecular formula is C16H17BrClN. The van der Waals surface area contributed by atoms with Crippen molar-refractivity contribution in [1.82, 2.24) is 0 Å². The van der Waals surface area contributed by atoms with Gasteiger partial charge in [0.15, 0.2) is 0 Å². The lowest BCUT2D eigenvalue weighted by Gasteiger charge is -2.19. The summed E-state index contributed by atoms with van der Waals surface area (Å²) in [5.74, 6) is 0. The summed E-state index contributed by atoms with van der Waals surface area (Å²) in [6, 6.07) is 14.5. The predicted octanol–water partition coefficient (Wildman–Crippen LogP) is 5.84. The summed E-state index contributed by atoms with van der Waals surface area (Å²) in [6.07, 6.45) is 0.997. The Labute approximate surface area is 128 Å². The molecule has 0 radical (unpaired) electrons. The van der Waals surface area contributed by atoms with Gasteiger partial charge in [-0.15, -0.1) is 0 Å². The van der Waals surface area contributed by atoms with Crippen molar-refractivity contribution in [3.05, 3.63) is 63.1 Å². The Bertz CT molecular complexity index is 568.